The van der Waals surface area contributed by atoms with Crippen LogP contribution in [0, 0.1) is 0 Å². The van der Waals surface area contributed by atoms with Crippen molar-refractivity contribution in [2.24, 2.45) is 0 Å². The van der Waals surface area contributed by atoms with Crippen LogP contribution in [-0.2, 0) is 15.1 Å². The van der Waals surface area contributed by atoms with E-state index in [4.69, 9.17) is 5.21 Å². The Balaban J connectivity index is 2.54. The molecule has 17 heavy (non-hydrogen) atoms. The van der Waals surface area contributed by atoms with E-state index >= 15 is 0 Å². The number of hydrogen-bond acceptors (Lipinski definition) is 5. The number of hydrogen-bond donors (Lipinski definition) is 4. The van der Waals surface area contributed by atoms with Gasteiger partial charge in [0.15, 0.2) is 0 Å². The highest BCUT2D eigenvalue weighted by atomic mass is 16.5. The zero-order valence-corrected chi connectivity index (χ0v) is 8.56. The first-order valence-corrected chi connectivity index (χ1v) is 4.75. The Labute approximate surface area is 95.8 Å². The molecule has 1 fully saturated rings. The predicted octanol–water partition coefficient (Wildman–Crippen LogP) is -0.773. The lowest BCUT2D eigenvalue weighted by atomic mass is 9.87. The van der Waals surface area contributed by atoms with E-state index < -0.39 is 23.4 Å². The second-order valence-electron chi connectivity index (χ2n) is 3.47. The smallest absolute Gasteiger partial charge is 0.315 e. The van der Waals surface area contributed by atoms with Crippen LogP contribution in [0.3, 0.4) is 0 Å². The molecular formula is C10H9N3O4. The molecule has 0 aromatic heterocycles. The molecule has 0 atom stereocenters. The number of imide groups is 2. The van der Waals surface area contributed by atoms with Crippen LogP contribution in [0.15, 0.2) is 30.3 Å². The number of rotatable bonds is 2. The van der Waals surface area contributed by atoms with Crippen molar-refractivity contribution in [2.75, 3.05) is 0 Å². The quantitative estimate of drug-likeness (QED) is 0.397. The fourth-order valence-electron chi connectivity index (χ4n) is 1.64. The molecule has 0 saturated carbocycles. The molecule has 4 N–H and O–H groups in total. The van der Waals surface area contributed by atoms with Gasteiger partial charge < -0.3 is 5.21 Å². The van der Waals surface area contributed by atoms with E-state index in [0.29, 0.717) is 0 Å². The normalized spacial score (nSPS) is 18.5. The summed E-state index contributed by atoms with van der Waals surface area (Å²) in [4.78, 5) is 34.5. The molecule has 88 valence electrons. The molecule has 7 heteroatoms. The van der Waals surface area contributed by atoms with Crippen molar-refractivity contribution in [1.82, 2.24) is 16.1 Å². The lowest BCUT2D eigenvalue weighted by molar-refractivity contribution is -0.146. The summed E-state index contributed by atoms with van der Waals surface area (Å²) in [5, 5.41) is 13.0. The van der Waals surface area contributed by atoms with Crippen molar-refractivity contribution < 1.29 is 19.6 Å². The molecule has 1 heterocycles. The van der Waals surface area contributed by atoms with Crippen molar-refractivity contribution >= 4 is 17.8 Å². The molecule has 1 aromatic carbocycles. The van der Waals surface area contributed by atoms with Crippen LogP contribution in [0.2, 0.25) is 0 Å². The second kappa shape index (κ2) is 3.96. The van der Waals surface area contributed by atoms with E-state index in [-0.39, 0.29) is 5.56 Å². The fourth-order valence-corrected chi connectivity index (χ4v) is 1.64. The maximum absolute atomic E-state index is 11.8. The van der Waals surface area contributed by atoms with Crippen molar-refractivity contribution in [2.45, 2.75) is 5.54 Å². The lowest BCUT2D eigenvalue weighted by Gasteiger charge is -2.32. The van der Waals surface area contributed by atoms with Gasteiger partial charge in [-0.25, -0.2) is 4.79 Å². The summed E-state index contributed by atoms with van der Waals surface area (Å²) in [5.74, 6) is -1.86. The van der Waals surface area contributed by atoms with Gasteiger partial charge in [-0.1, -0.05) is 30.3 Å². The zero-order chi connectivity index (χ0) is 12.5. The van der Waals surface area contributed by atoms with E-state index in [0.717, 1.165) is 0 Å². The summed E-state index contributed by atoms with van der Waals surface area (Å²) in [5.41, 5.74) is -0.100. The first-order chi connectivity index (χ1) is 8.11. The molecule has 0 radical (unpaired) electrons. The summed E-state index contributed by atoms with van der Waals surface area (Å²) in [7, 11) is 0. The number of nitrogens with one attached hydrogen (secondary N) is 3. The first-order valence-electron chi connectivity index (χ1n) is 4.75. The van der Waals surface area contributed by atoms with Gasteiger partial charge >= 0.3 is 6.03 Å². The van der Waals surface area contributed by atoms with Crippen molar-refractivity contribution in [3.63, 3.8) is 0 Å². The summed E-state index contributed by atoms with van der Waals surface area (Å²) in [6.07, 6.45) is 0. The van der Waals surface area contributed by atoms with Crippen molar-refractivity contribution in [3.8, 4) is 0 Å². The number of benzene rings is 1. The summed E-state index contributed by atoms with van der Waals surface area (Å²) in [6, 6.07) is 6.95. The number of urea groups is 1. The van der Waals surface area contributed by atoms with Gasteiger partial charge in [-0.2, -0.15) is 5.48 Å². The summed E-state index contributed by atoms with van der Waals surface area (Å²) >= 11 is 0. The predicted molar refractivity (Wildman–Crippen MR) is 54.7 cm³/mol. The van der Waals surface area contributed by atoms with E-state index in [1.54, 1.807) is 23.7 Å². The minimum absolute atomic E-state index is 0.227. The Morgan fingerprint density at radius 1 is 1.00 bits per heavy atom. The van der Waals surface area contributed by atoms with Crippen molar-refractivity contribution in [1.29, 1.82) is 0 Å². The molecule has 1 aliphatic heterocycles. The van der Waals surface area contributed by atoms with Gasteiger partial charge in [0.05, 0.1) is 0 Å². The van der Waals surface area contributed by atoms with Crippen LogP contribution in [0.25, 0.3) is 0 Å². The molecule has 1 saturated heterocycles. The number of barbiturate groups is 1. The molecule has 1 aromatic rings. The van der Waals surface area contributed by atoms with Crippen LogP contribution in [0.5, 0.6) is 0 Å². The zero-order valence-electron chi connectivity index (χ0n) is 8.56. The number of amides is 4. The van der Waals surface area contributed by atoms with E-state index in [1.807, 2.05) is 10.6 Å². The van der Waals surface area contributed by atoms with E-state index in [1.165, 1.54) is 12.1 Å². The van der Waals surface area contributed by atoms with E-state index in [9.17, 15) is 14.4 Å². The maximum Gasteiger partial charge on any atom is 0.328 e. The number of carbonyl (C=O) groups excluding carboxylic acids is 3. The highest BCUT2D eigenvalue weighted by Crippen LogP contribution is 2.23. The highest BCUT2D eigenvalue weighted by Gasteiger charge is 2.51. The molecule has 4 amide bonds. The van der Waals surface area contributed by atoms with Crippen molar-refractivity contribution in [3.05, 3.63) is 35.9 Å². The van der Waals surface area contributed by atoms with Gasteiger partial charge in [0.2, 0.25) is 5.54 Å². The van der Waals surface area contributed by atoms with Gasteiger partial charge in [-0.3, -0.25) is 20.2 Å². The Bertz CT molecular complexity index is 466. The molecular weight excluding hydrogens is 226 g/mol. The maximum atomic E-state index is 11.8. The minimum Gasteiger partial charge on any atom is -0.315 e. The lowest BCUT2D eigenvalue weighted by Crippen LogP contribution is -2.69. The highest BCUT2D eigenvalue weighted by molar-refractivity contribution is 6.22. The van der Waals surface area contributed by atoms with Crippen LogP contribution < -0.4 is 16.1 Å². The number of carbonyl (C=O) groups is 3. The topological polar surface area (TPSA) is 108 Å². The summed E-state index contributed by atoms with van der Waals surface area (Å²) in [6.45, 7) is 0. The fraction of sp³-hybridized carbons (Fsp3) is 0.100. The first kappa shape index (κ1) is 11.2. The third-order valence-electron chi connectivity index (χ3n) is 2.51. The Kier molecular flexibility index (Phi) is 2.62. The second-order valence-corrected chi connectivity index (χ2v) is 3.47. The van der Waals surface area contributed by atoms with Crippen LogP contribution in [0.4, 0.5) is 4.79 Å². The average Bonchev–Trinajstić information content (AvgIpc) is 2.30. The molecule has 1 aliphatic rings. The van der Waals surface area contributed by atoms with Crippen LogP contribution in [0.1, 0.15) is 5.56 Å². The average molecular weight is 235 g/mol. The molecule has 2 rings (SSSR count). The van der Waals surface area contributed by atoms with Gasteiger partial charge in [0.1, 0.15) is 0 Å². The molecule has 0 aliphatic carbocycles. The monoisotopic (exact) mass is 235 g/mol. The van der Waals surface area contributed by atoms with E-state index in [2.05, 4.69) is 0 Å². The SMILES string of the molecule is O=C1NC(=O)C(NO)(c2ccccc2)C(=O)N1. The molecule has 7 nitrogen and oxygen atoms in total. The third-order valence-corrected chi connectivity index (χ3v) is 2.51. The molecule has 0 bridgehead atoms. The Morgan fingerprint density at radius 3 is 2.00 bits per heavy atom. The van der Waals surface area contributed by atoms with Crippen LogP contribution in [-0.4, -0.2) is 23.1 Å². The standard InChI is InChI=1S/C10H9N3O4/c14-7-10(13-17,6-4-2-1-3-5-6)8(15)12-9(16)11-7/h1-5,13,17H,(H2,11,12,14,15,16). The van der Waals surface area contributed by atoms with Gasteiger partial charge in [0, 0.05) is 0 Å². The Hall–Kier alpha value is -2.25. The minimum atomic E-state index is -2.00. The van der Waals surface area contributed by atoms with Gasteiger partial charge in [0.25, 0.3) is 11.8 Å². The largest absolute Gasteiger partial charge is 0.328 e. The van der Waals surface area contributed by atoms with Crippen LogP contribution >= 0.6 is 0 Å². The molecule has 0 spiro atoms. The van der Waals surface area contributed by atoms with Gasteiger partial charge in [-0.15, -0.1) is 0 Å². The molecule has 0 unspecified atom stereocenters. The Morgan fingerprint density at radius 2 is 1.53 bits per heavy atom. The summed E-state index contributed by atoms with van der Waals surface area (Å²) < 4.78 is 0. The number of hydroxylamine groups is 1. The third kappa shape index (κ3) is 1.57. The van der Waals surface area contributed by atoms with Gasteiger partial charge in [-0.05, 0) is 5.56 Å².